The van der Waals surface area contributed by atoms with Crippen LogP contribution in [-0.4, -0.2) is 37.9 Å². The Morgan fingerprint density at radius 2 is 1.77 bits per heavy atom. The number of aryl methyl sites for hydroxylation is 1. The fourth-order valence-corrected chi connectivity index (χ4v) is 8.11. The molecule has 2 fully saturated rings. The first-order chi connectivity index (χ1) is 20.3. The fraction of sp³-hybridized carbons (Fsp3) is 0.375. The van der Waals surface area contributed by atoms with Gasteiger partial charge in [-0.2, -0.15) is 0 Å². The molecule has 2 heterocycles. The van der Waals surface area contributed by atoms with Crippen LogP contribution in [0.15, 0.2) is 59.6 Å². The van der Waals surface area contributed by atoms with E-state index >= 15 is 0 Å². The lowest BCUT2D eigenvalue weighted by atomic mass is 9.59. The van der Waals surface area contributed by atoms with Crippen LogP contribution in [0.4, 0.5) is 10.1 Å². The molecule has 7 nitrogen and oxygen atoms in total. The summed E-state index contributed by atoms with van der Waals surface area (Å²) in [6, 6.07) is 15.2. The van der Waals surface area contributed by atoms with Crippen LogP contribution in [0.1, 0.15) is 67.3 Å². The standard InChI is InChI=1S/C32H32Cl2FN3O4S/c1-18-4-7-21(35)16-23(18)29-32(17-37-27-15-20(34)5-10-26(27)32)25(12-13-36-29)24-14-19(33)6-11-28(24)42-31(2,3)30(39)38-43(40,41)22-8-9-22/h4-7,10-11,14-17,22,25,29,36H,8-9,12-13H2,1-3H3,(H,38,39)/t25-,29-,32+/m0/s1. The highest BCUT2D eigenvalue weighted by Crippen LogP contribution is 2.58. The van der Waals surface area contributed by atoms with Crippen molar-refractivity contribution in [3.05, 3.63) is 92.7 Å². The molecule has 2 N–H and O–H groups in total. The summed E-state index contributed by atoms with van der Waals surface area (Å²) >= 11 is 12.9. The highest BCUT2D eigenvalue weighted by Gasteiger charge is 2.53. The lowest BCUT2D eigenvalue weighted by Gasteiger charge is -2.48. The van der Waals surface area contributed by atoms with Crippen LogP contribution in [0.2, 0.25) is 10.0 Å². The van der Waals surface area contributed by atoms with Crippen molar-refractivity contribution in [3.8, 4) is 5.75 Å². The number of halogens is 3. The van der Waals surface area contributed by atoms with Gasteiger partial charge in [-0.05, 0) is 106 Å². The van der Waals surface area contributed by atoms with E-state index < -0.39 is 32.2 Å². The first-order valence-corrected chi connectivity index (χ1v) is 16.5. The SMILES string of the molecule is Cc1ccc(F)cc1[C@@H]1NCC[C@@H](c2cc(Cl)ccc2OC(C)(C)C(=O)NS(=O)(=O)C2CC2)[C@@]12C=Nc1cc(Cl)ccc12. The van der Waals surface area contributed by atoms with E-state index in [9.17, 15) is 17.6 Å². The van der Waals surface area contributed by atoms with Crippen molar-refractivity contribution in [2.24, 2.45) is 4.99 Å². The molecule has 1 spiro atoms. The summed E-state index contributed by atoms with van der Waals surface area (Å²) in [6.45, 7) is 5.62. The average molecular weight is 645 g/mol. The first kappa shape index (κ1) is 30.1. The molecular formula is C32H32Cl2FN3O4S. The summed E-state index contributed by atoms with van der Waals surface area (Å²) < 4.78 is 48.3. The molecule has 0 aromatic heterocycles. The topological polar surface area (TPSA) is 96.9 Å². The van der Waals surface area contributed by atoms with Crippen LogP contribution in [-0.2, 0) is 20.2 Å². The van der Waals surface area contributed by atoms with E-state index in [0.717, 1.165) is 27.9 Å². The molecule has 2 aliphatic heterocycles. The van der Waals surface area contributed by atoms with Crippen LogP contribution in [0.25, 0.3) is 0 Å². The molecule has 3 aliphatic rings. The highest BCUT2D eigenvalue weighted by molar-refractivity contribution is 7.90. The number of ether oxygens (including phenoxy) is 1. The lowest BCUT2D eigenvalue weighted by Crippen LogP contribution is -2.52. The van der Waals surface area contributed by atoms with Crippen molar-refractivity contribution in [3.63, 3.8) is 0 Å². The van der Waals surface area contributed by atoms with E-state index in [1.165, 1.54) is 19.9 Å². The molecule has 1 saturated heterocycles. The molecule has 3 atom stereocenters. The zero-order chi connectivity index (χ0) is 30.7. The Morgan fingerprint density at radius 3 is 2.51 bits per heavy atom. The summed E-state index contributed by atoms with van der Waals surface area (Å²) in [5, 5.41) is 4.11. The van der Waals surface area contributed by atoms with Gasteiger partial charge in [-0.3, -0.25) is 9.79 Å². The molecular weight excluding hydrogens is 612 g/mol. The minimum absolute atomic E-state index is 0.282. The number of piperidine rings is 1. The number of nitrogens with zero attached hydrogens (tertiary/aromatic N) is 1. The predicted molar refractivity (Wildman–Crippen MR) is 167 cm³/mol. The largest absolute Gasteiger partial charge is 0.478 e. The maximum atomic E-state index is 14.7. The third-order valence-corrected chi connectivity index (χ3v) is 11.0. The van der Waals surface area contributed by atoms with Crippen LogP contribution < -0.4 is 14.8 Å². The maximum absolute atomic E-state index is 14.7. The number of amides is 1. The molecule has 0 radical (unpaired) electrons. The molecule has 1 amide bonds. The molecule has 11 heteroatoms. The number of nitrogens with one attached hydrogen (secondary N) is 2. The van der Waals surface area contributed by atoms with Crippen LogP contribution >= 0.6 is 23.2 Å². The Kier molecular flexibility index (Phi) is 7.60. The smallest absolute Gasteiger partial charge is 0.277 e. The molecule has 1 aliphatic carbocycles. The molecule has 3 aromatic rings. The van der Waals surface area contributed by atoms with Gasteiger partial charge in [0.1, 0.15) is 11.6 Å². The Morgan fingerprint density at radius 1 is 1.05 bits per heavy atom. The Bertz CT molecular complexity index is 1760. The summed E-state index contributed by atoms with van der Waals surface area (Å²) in [6.07, 6.45) is 3.61. The molecule has 3 aromatic carbocycles. The number of hydrogen-bond acceptors (Lipinski definition) is 6. The van der Waals surface area contributed by atoms with E-state index in [2.05, 4.69) is 10.0 Å². The van der Waals surface area contributed by atoms with Gasteiger partial charge < -0.3 is 10.1 Å². The van der Waals surface area contributed by atoms with Crippen LogP contribution in [0, 0.1) is 12.7 Å². The van der Waals surface area contributed by atoms with Gasteiger partial charge in [0.15, 0.2) is 5.60 Å². The first-order valence-electron chi connectivity index (χ1n) is 14.2. The van der Waals surface area contributed by atoms with Gasteiger partial charge >= 0.3 is 0 Å². The van der Waals surface area contributed by atoms with E-state index in [-0.39, 0.29) is 17.8 Å². The Labute approximate surface area is 260 Å². The van der Waals surface area contributed by atoms with Gasteiger partial charge in [-0.15, -0.1) is 0 Å². The van der Waals surface area contributed by atoms with Crippen molar-refractivity contribution < 1.29 is 22.3 Å². The molecule has 226 valence electrons. The molecule has 43 heavy (non-hydrogen) atoms. The fourth-order valence-electron chi connectivity index (χ4n) is 6.33. The van der Waals surface area contributed by atoms with E-state index in [1.54, 1.807) is 24.3 Å². The van der Waals surface area contributed by atoms with Crippen molar-refractivity contribution in [1.82, 2.24) is 10.0 Å². The number of aliphatic imine (C=N–C) groups is 1. The quantitative estimate of drug-likeness (QED) is 0.299. The van der Waals surface area contributed by atoms with Gasteiger partial charge in [-0.25, -0.2) is 17.5 Å². The summed E-state index contributed by atoms with van der Waals surface area (Å²) in [5.74, 6) is -0.983. The van der Waals surface area contributed by atoms with Gasteiger partial charge in [0.2, 0.25) is 10.0 Å². The van der Waals surface area contributed by atoms with Crippen molar-refractivity contribution in [2.75, 3.05) is 6.54 Å². The van der Waals surface area contributed by atoms with Crippen molar-refractivity contribution in [1.29, 1.82) is 0 Å². The van der Waals surface area contributed by atoms with Crippen molar-refractivity contribution in [2.45, 2.75) is 68.3 Å². The number of carbonyl (C=O) groups is 1. The summed E-state index contributed by atoms with van der Waals surface area (Å²) in [7, 11) is -3.77. The van der Waals surface area contributed by atoms with Gasteiger partial charge in [-0.1, -0.05) is 35.3 Å². The average Bonchev–Trinajstić information content (AvgIpc) is 3.75. The van der Waals surface area contributed by atoms with Crippen LogP contribution in [0.5, 0.6) is 5.75 Å². The van der Waals surface area contributed by atoms with E-state index in [4.69, 9.17) is 32.9 Å². The monoisotopic (exact) mass is 643 g/mol. The number of hydrogen-bond donors (Lipinski definition) is 2. The van der Waals surface area contributed by atoms with Gasteiger partial charge in [0, 0.05) is 33.8 Å². The number of rotatable bonds is 7. The van der Waals surface area contributed by atoms with Gasteiger partial charge in [0.25, 0.3) is 5.91 Å². The number of benzene rings is 3. The summed E-state index contributed by atoms with van der Waals surface area (Å²) in [5.41, 5.74) is 1.75. The lowest BCUT2D eigenvalue weighted by molar-refractivity contribution is -0.132. The molecule has 6 rings (SSSR count). The van der Waals surface area contributed by atoms with E-state index in [1.807, 2.05) is 37.4 Å². The number of fused-ring (bicyclic) bond motifs is 2. The molecule has 0 unspecified atom stereocenters. The highest BCUT2D eigenvalue weighted by atomic mass is 35.5. The minimum atomic E-state index is -3.77. The van der Waals surface area contributed by atoms with Gasteiger partial charge in [0.05, 0.1) is 16.4 Å². The maximum Gasteiger partial charge on any atom is 0.277 e. The molecule has 1 saturated carbocycles. The van der Waals surface area contributed by atoms with E-state index in [0.29, 0.717) is 41.6 Å². The second-order valence-corrected chi connectivity index (χ2v) is 14.9. The second kappa shape index (κ2) is 10.9. The van der Waals surface area contributed by atoms with Crippen LogP contribution in [0.3, 0.4) is 0 Å². The minimum Gasteiger partial charge on any atom is -0.478 e. The number of sulfonamides is 1. The normalized spacial score (nSPS) is 23.3. The van der Waals surface area contributed by atoms with Crippen molar-refractivity contribution >= 4 is 51.0 Å². The Hall–Kier alpha value is -2.98. The zero-order valence-corrected chi connectivity index (χ0v) is 26.3. The zero-order valence-electron chi connectivity index (χ0n) is 24.0. The Balaban J connectivity index is 1.47. The third kappa shape index (κ3) is 5.45. The third-order valence-electron chi connectivity index (χ3n) is 8.69. The summed E-state index contributed by atoms with van der Waals surface area (Å²) in [4.78, 5) is 18.0. The number of carbonyl (C=O) groups excluding carboxylic acids is 1. The predicted octanol–water partition coefficient (Wildman–Crippen LogP) is 6.68. The molecule has 0 bridgehead atoms. The second-order valence-electron chi connectivity index (χ2n) is 12.1.